The number of halogens is 4. The number of aromatic nitrogens is 1. The summed E-state index contributed by atoms with van der Waals surface area (Å²) in [5, 5.41) is 0.406. The fourth-order valence-electron chi connectivity index (χ4n) is 2.39. The molecule has 0 saturated carbocycles. The molecule has 0 aliphatic heterocycles. The van der Waals surface area contributed by atoms with Gasteiger partial charge in [-0.25, -0.2) is 22.5 Å². The molecule has 1 aromatic heterocycles. The maximum Gasteiger partial charge on any atom is 0.195 e. The van der Waals surface area contributed by atoms with Crippen LogP contribution in [0.3, 0.4) is 0 Å². The Hall–Kier alpha value is -2.76. The van der Waals surface area contributed by atoms with Crippen molar-refractivity contribution in [1.82, 2.24) is 4.98 Å². The first kappa shape index (κ1) is 15.1. The normalized spacial score (nSPS) is 11.0. The Bertz CT molecular complexity index is 924. The molecule has 6 heteroatoms. The van der Waals surface area contributed by atoms with Gasteiger partial charge < -0.3 is 4.79 Å². The smallest absolute Gasteiger partial charge is 0.195 e. The number of fused-ring (bicyclic) bond motifs is 1. The Morgan fingerprint density at radius 2 is 1.74 bits per heavy atom. The Kier molecular flexibility index (Phi) is 3.82. The van der Waals surface area contributed by atoms with Crippen LogP contribution in [0.2, 0.25) is 0 Å². The Labute approximate surface area is 128 Å². The maximum atomic E-state index is 13.9. The highest BCUT2D eigenvalue weighted by atomic mass is 19.2. The third-order valence-electron chi connectivity index (χ3n) is 3.47. The molecule has 0 spiro atoms. The van der Waals surface area contributed by atoms with Crippen LogP contribution in [0.4, 0.5) is 17.6 Å². The fraction of sp³-hybridized carbons (Fsp3) is 0.0588. The minimum atomic E-state index is -1.60. The van der Waals surface area contributed by atoms with E-state index < -0.39 is 23.3 Å². The van der Waals surface area contributed by atoms with Crippen LogP contribution in [-0.2, 0) is 11.2 Å². The fourth-order valence-corrected chi connectivity index (χ4v) is 2.39. The molecule has 23 heavy (non-hydrogen) atoms. The molecule has 3 aromatic rings. The zero-order chi connectivity index (χ0) is 16.6. The van der Waals surface area contributed by atoms with Gasteiger partial charge in [-0.1, -0.05) is 0 Å². The summed E-state index contributed by atoms with van der Waals surface area (Å²) in [6.45, 7) is 0. The largest absolute Gasteiger partial charge is 0.303 e. The molecular formula is C17H9F4NO. The summed E-state index contributed by atoms with van der Waals surface area (Å²) in [4.78, 5) is 15.0. The summed E-state index contributed by atoms with van der Waals surface area (Å²) >= 11 is 0. The first-order valence-electron chi connectivity index (χ1n) is 6.68. The zero-order valence-electron chi connectivity index (χ0n) is 11.6. The van der Waals surface area contributed by atoms with Crippen molar-refractivity contribution in [2.45, 2.75) is 6.42 Å². The van der Waals surface area contributed by atoms with Crippen LogP contribution in [0.25, 0.3) is 22.2 Å². The second-order valence-electron chi connectivity index (χ2n) is 4.92. The van der Waals surface area contributed by atoms with Gasteiger partial charge in [0.05, 0.1) is 11.2 Å². The Balaban J connectivity index is 2.29. The second-order valence-corrected chi connectivity index (χ2v) is 4.92. The molecular weight excluding hydrogens is 310 g/mol. The maximum absolute atomic E-state index is 13.9. The number of carbonyl (C=O) groups excluding carboxylic acids is 1. The molecule has 0 radical (unpaired) electrons. The van der Waals surface area contributed by atoms with Gasteiger partial charge in [-0.3, -0.25) is 0 Å². The van der Waals surface area contributed by atoms with Gasteiger partial charge in [0.15, 0.2) is 17.5 Å². The van der Waals surface area contributed by atoms with E-state index in [1.165, 1.54) is 24.3 Å². The molecule has 0 fully saturated rings. The molecule has 0 bridgehead atoms. The molecule has 3 rings (SSSR count). The van der Waals surface area contributed by atoms with E-state index in [4.69, 9.17) is 0 Å². The van der Waals surface area contributed by atoms with E-state index in [-0.39, 0.29) is 17.7 Å². The van der Waals surface area contributed by atoms with E-state index in [2.05, 4.69) is 4.98 Å². The molecule has 0 aliphatic rings. The van der Waals surface area contributed by atoms with Gasteiger partial charge in [0, 0.05) is 17.4 Å². The van der Waals surface area contributed by atoms with Crippen LogP contribution >= 0.6 is 0 Å². The number of benzene rings is 2. The predicted molar refractivity (Wildman–Crippen MR) is 76.8 cm³/mol. The van der Waals surface area contributed by atoms with Gasteiger partial charge in [0.25, 0.3) is 0 Å². The number of aldehydes is 1. The summed E-state index contributed by atoms with van der Waals surface area (Å²) in [5.74, 6) is -4.77. The zero-order valence-corrected chi connectivity index (χ0v) is 11.6. The van der Waals surface area contributed by atoms with E-state index in [1.54, 1.807) is 0 Å². The molecule has 0 amide bonds. The van der Waals surface area contributed by atoms with Gasteiger partial charge >= 0.3 is 0 Å². The molecule has 0 saturated heterocycles. The molecule has 2 aromatic carbocycles. The first-order chi connectivity index (χ1) is 11.0. The van der Waals surface area contributed by atoms with Crippen LogP contribution in [0, 0.1) is 23.3 Å². The summed E-state index contributed by atoms with van der Waals surface area (Å²) in [6, 6.07) is 6.99. The lowest BCUT2D eigenvalue weighted by molar-refractivity contribution is -0.107. The van der Waals surface area contributed by atoms with Crippen molar-refractivity contribution >= 4 is 17.2 Å². The van der Waals surface area contributed by atoms with Gasteiger partial charge in [-0.15, -0.1) is 0 Å². The highest BCUT2D eigenvalue weighted by Gasteiger charge is 2.17. The third kappa shape index (κ3) is 2.67. The monoisotopic (exact) mass is 319 g/mol. The standard InChI is InChI=1S/C17H9F4NO/c18-10-1-4-14-12(8-10)9(5-6-23)7-15(22-14)11-2-3-13(19)17(21)16(11)20/h1-4,6-8H,5H2. The van der Waals surface area contributed by atoms with E-state index in [1.807, 2.05) is 0 Å². The molecule has 0 aliphatic carbocycles. The SMILES string of the molecule is O=CCc1cc(-c2ccc(F)c(F)c2F)nc2ccc(F)cc12. The van der Waals surface area contributed by atoms with Crippen molar-refractivity contribution in [3.8, 4) is 11.3 Å². The molecule has 1 heterocycles. The van der Waals surface area contributed by atoms with Crippen molar-refractivity contribution in [3.63, 3.8) is 0 Å². The number of nitrogens with zero attached hydrogens (tertiary/aromatic N) is 1. The molecule has 2 nitrogen and oxygen atoms in total. The lowest BCUT2D eigenvalue weighted by Crippen LogP contribution is -1.98. The lowest BCUT2D eigenvalue weighted by Gasteiger charge is -2.09. The second kappa shape index (κ2) is 5.79. The highest BCUT2D eigenvalue weighted by Crippen LogP contribution is 2.29. The van der Waals surface area contributed by atoms with Crippen molar-refractivity contribution in [2.24, 2.45) is 0 Å². The number of hydrogen-bond donors (Lipinski definition) is 0. The van der Waals surface area contributed by atoms with E-state index >= 15 is 0 Å². The molecule has 0 N–H and O–H groups in total. The van der Waals surface area contributed by atoms with Crippen molar-refractivity contribution in [2.75, 3.05) is 0 Å². The summed E-state index contributed by atoms with van der Waals surface area (Å²) in [7, 11) is 0. The van der Waals surface area contributed by atoms with E-state index in [0.717, 1.165) is 12.1 Å². The van der Waals surface area contributed by atoms with Crippen LogP contribution in [0.1, 0.15) is 5.56 Å². The molecule has 0 atom stereocenters. The van der Waals surface area contributed by atoms with Gasteiger partial charge in [-0.2, -0.15) is 0 Å². The van der Waals surface area contributed by atoms with Crippen LogP contribution < -0.4 is 0 Å². The number of hydrogen-bond acceptors (Lipinski definition) is 2. The topological polar surface area (TPSA) is 30.0 Å². The van der Waals surface area contributed by atoms with Crippen molar-refractivity contribution < 1.29 is 22.4 Å². The molecule has 116 valence electrons. The lowest BCUT2D eigenvalue weighted by atomic mass is 10.0. The Morgan fingerprint density at radius 3 is 2.48 bits per heavy atom. The van der Waals surface area contributed by atoms with Crippen LogP contribution in [0.5, 0.6) is 0 Å². The van der Waals surface area contributed by atoms with Crippen LogP contribution in [0.15, 0.2) is 36.4 Å². The Morgan fingerprint density at radius 1 is 0.957 bits per heavy atom. The van der Waals surface area contributed by atoms with Gasteiger partial charge in [-0.05, 0) is 42.0 Å². The average molecular weight is 319 g/mol. The quantitative estimate of drug-likeness (QED) is 0.411. The van der Waals surface area contributed by atoms with Gasteiger partial charge in [0.1, 0.15) is 12.1 Å². The summed E-state index contributed by atoms with van der Waals surface area (Å²) in [5.41, 5.74) is 0.549. The minimum absolute atomic E-state index is 0.0392. The summed E-state index contributed by atoms with van der Waals surface area (Å²) in [6.07, 6.45) is 0.575. The summed E-state index contributed by atoms with van der Waals surface area (Å²) < 4.78 is 53.8. The third-order valence-corrected chi connectivity index (χ3v) is 3.47. The number of carbonyl (C=O) groups is 1. The first-order valence-corrected chi connectivity index (χ1v) is 6.68. The predicted octanol–water partition coefficient (Wildman–Crippen LogP) is 4.20. The average Bonchev–Trinajstić information content (AvgIpc) is 2.53. The van der Waals surface area contributed by atoms with Crippen LogP contribution in [-0.4, -0.2) is 11.3 Å². The highest BCUT2D eigenvalue weighted by molar-refractivity contribution is 5.87. The van der Waals surface area contributed by atoms with E-state index in [9.17, 15) is 22.4 Å². The number of pyridine rings is 1. The molecule has 0 unspecified atom stereocenters. The number of rotatable bonds is 3. The van der Waals surface area contributed by atoms with Crippen molar-refractivity contribution in [3.05, 3.63) is 65.2 Å². The van der Waals surface area contributed by atoms with E-state index in [0.29, 0.717) is 22.8 Å². The van der Waals surface area contributed by atoms with Gasteiger partial charge in [0.2, 0.25) is 0 Å². The van der Waals surface area contributed by atoms with Crippen molar-refractivity contribution in [1.29, 1.82) is 0 Å². The minimum Gasteiger partial charge on any atom is -0.303 e.